The minimum atomic E-state index is -0.0105. The predicted molar refractivity (Wildman–Crippen MR) is 76.5 cm³/mol. The Bertz CT molecular complexity index is 551. The summed E-state index contributed by atoms with van der Waals surface area (Å²) in [4.78, 5) is 0. The molecule has 0 saturated carbocycles. The SMILES string of the molecule is CNC(c1ccc(C)c(Cl)c1)c1ccc(COC)o1. The van der Waals surface area contributed by atoms with Crippen molar-refractivity contribution in [3.63, 3.8) is 0 Å². The number of hydrogen-bond acceptors (Lipinski definition) is 3. The second-order valence-electron chi connectivity index (χ2n) is 4.47. The van der Waals surface area contributed by atoms with Gasteiger partial charge in [-0.1, -0.05) is 23.7 Å². The highest BCUT2D eigenvalue weighted by molar-refractivity contribution is 6.31. The van der Waals surface area contributed by atoms with E-state index in [2.05, 4.69) is 11.4 Å². The first-order valence-electron chi connectivity index (χ1n) is 6.16. The molecule has 2 rings (SSSR count). The topological polar surface area (TPSA) is 34.4 Å². The van der Waals surface area contributed by atoms with Gasteiger partial charge in [-0.25, -0.2) is 0 Å². The van der Waals surface area contributed by atoms with Crippen LogP contribution in [-0.4, -0.2) is 14.2 Å². The van der Waals surface area contributed by atoms with Crippen LogP contribution in [0.25, 0.3) is 0 Å². The standard InChI is InChI=1S/C15H18ClNO2/c1-10-4-5-11(8-13(10)16)15(17-2)14-7-6-12(19-14)9-18-3/h4-8,15,17H,9H2,1-3H3. The van der Waals surface area contributed by atoms with Gasteiger partial charge in [-0.05, 0) is 43.3 Å². The molecule has 1 N–H and O–H groups in total. The minimum Gasteiger partial charge on any atom is -0.462 e. The number of furan rings is 1. The highest BCUT2D eigenvalue weighted by Crippen LogP contribution is 2.27. The fourth-order valence-electron chi connectivity index (χ4n) is 2.03. The zero-order chi connectivity index (χ0) is 13.8. The van der Waals surface area contributed by atoms with E-state index in [1.807, 2.05) is 38.2 Å². The monoisotopic (exact) mass is 279 g/mol. The van der Waals surface area contributed by atoms with Crippen LogP contribution in [0.5, 0.6) is 0 Å². The number of nitrogens with one attached hydrogen (secondary N) is 1. The predicted octanol–water partition coefficient (Wildman–Crippen LogP) is 3.70. The number of rotatable bonds is 5. The van der Waals surface area contributed by atoms with Gasteiger partial charge in [0.05, 0.1) is 6.04 Å². The van der Waals surface area contributed by atoms with Crippen molar-refractivity contribution in [1.82, 2.24) is 5.32 Å². The van der Waals surface area contributed by atoms with Gasteiger partial charge in [0, 0.05) is 12.1 Å². The third-order valence-electron chi connectivity index (χ3n) is 3.07. The van der Waals surface area contributed by atoms with Crippen LogP contribution < -0.4 is 5.32 Å². The number of halogens is 1. The van der Waals surface area contributed by atoms with E-state index in [1.54, 1.807) is 7.11 Å². The van der Waals surface area contributed by atoms with Crippen LogP contribution in [-0.2, 0) is 11.3 Å². The largest absolute Gasteiger partial charge is 0.462 e. The van der Waals surface area contributed by atoms with Gasteiger partial charge in [0.1, 0.15) is 18.1 Å². The van der Waals surface area contributed by atoms with E-state index < -0.39 is 0 Å². The quantitative estimate of drug-likeness (QED) is 0.906. The summed E-state index contributed by atoms with van der Waals surface area (Å²) in [6.07, 6.45) is 0. The van der Waals surface area contributed by atoms with Crippen molar-refractivity contribution in [2.24, 2.45) is 0 Å². The van der Waals surface area contributed by atoms with Gasteiger partial charge in [-0.3, -0.25) is 0 Å². The molecule has 1 aromatic heterocycles. The third kappa shape index (κ3) is 3.18. The first-order valence-corrected chi connectivity index (χ1v) is 6.54. The molecule has 0 bridgehead atoms. The Morgan fingerprint density at radius 3 is 2.74 bits per heavy atom. The lowest BCUT2D eigenvalue weighted by Gasteiger charge is -2.15. The van der Waals surface area contributed by atoms with Gasteiger partial charge in [0.15, 0.2) is 0 Å². The summed E-state index contributed by atoms with van der Waals surface area (Å²) < 4.78 is 10.8. The summed E-state index contributed by atoms with van der Waals surface area (Å²) in [6, 6.07) is 9.92. The normalized spacial score (nSPS) is 12.6. The highest BCUT2D eigenvalue weighted by atomic mass is 35.5. The van der Waals surface area contributed by atoms with E-state index in [0.29, 0.717) is 6.61 Å². The summed E-state index contributed by atoms with van der Waals surface area (Å²) in [7, 11) is 3.55. The maximum atomic E-state index is 6.18. The maximum absolute atomic E-state index is 6.18. The smallest absolute Gasteiger partial charge is 0.129 e. The molecule has 0 saturated heterocycles. The van der Waals surface area contributed by atoms with Crippen molar-refractivity contribution >= 4 is 11.6 Å². The summed E-state index contributed by atoms with van der Waals surface area (Å²) in [6.45, 7) is 2.47. The van der Waals surface area contributed by atoms with E-state index in [9.17, 15) is 0 Å². The lowest BCUT2D eigenvalue weighted by molar-refractivity contribution is 0.162. The second-order valence-corrected chi connectivity index (χ2v) is 4.87. The second kappa shape index (κ2) is 6.24. The zero-order valence-corrected chi connectivity index (χ0v) is 12.1. The van der Waals surface area contributed by atoms with E-state index in [1.165, 1.54) is 0 Å². The maximum Gasteiger partial charge on any atom is 0.129 e. The molecule has 0 amide bonds. The molecule has 3 nitrogen and oxygen atoms in total. The van der Waals surface area contributed by atoms with Crippen molar-refractivity contribution in [1.29, 1.82) is 0 Å². The molecule has 1 atom stereocenters. The Balaban J connectivity index is 2.29. The molecule has 0 aliphatic rings. The Morgan fingerprint density at radius 1 is 1.32 bits per heavy atom. The average molecular weight is 280 g/mol. The molecule has 4 heteroatoms. The summed E-state index contributed by atoms with van der Waals surface area (Å²) in [5.41, 5.74) is 2.15. The molecular formula is C15H18ClNO2. The first kappa shape index (κ1) is 14.1. The molecule has 2 aromatic rings. The van der Waals surface area contributed by atoms with Crippen LogP contribution in [0.2, 0.25) is 5.02 Å². The summed E-state index contributed by atoms with van der Waals surface area (Å²) in [5, 5.41) is 4.01. The van der Waals surface area contributed by atoms with Gasteiger partial charge in [0.2, 0.25) is 0 Å². The van der Waals surface area contributed by atoms with Gasteiger partial charge in [-0.15, -0.1) is 0 Å². The lowest BCUT2D eigenvalue weighted by atomic mass is 10.0. The summed E-state index contributed by atoms with van der Waals surface area (Å²) in [5.74, 6) is 1.67. The summed E-state index contributed by atoms with van der Waals surface area (Å²) >= 11 is 6.18. The highest BCUT2D eigenvalue weighted by Gasteiger charge is 2.16. The van der Waals surface area contributed by atoms with Gasteiger partial charge in [0.25, 0.3) is 0 Å². The van der Waals surface area contributed by atoms with Crippen LogP contribution in [0.1, 0.15) is 28.7 Å². The van der Waals surface area contributed by atoms with Gasteiger partial charge in [-0.2, -0.15) is 0 Å². The molecule has 0 fully saturated rings. The molecule has 1 unspecified atom stereocenters. The number of hydrogen-bond donors (Lipinski definition) is 1. The van der Waals surface area contributed by atoms with Crippen LogP contribution in [0, 0.1) is 6.92 Å². The molecule has 0 radical (unpaired) electrons. The van der Waals surface area contributed by atoms with E-state index >= 15 is 0 Å². The van der Waals surface area contributed by atoms with Crippen molar-refractivity contribution in [3.05, 3.63) is 58.0 Å². The fraction of sp³-hybridized carbons (Fsp3) is 0.333. The molecular weight excluding hydrogens is 262 g/mol. The molecule has 1 heterocycles. The molecule has 102 valence electrons. The van der Waals surface area contributed by atoms with Crippen molar-refractivity contribution < 1.29 is 9.15 Å². The Morgan fingerprint density at radius 2 is 2.11 bits per heavy atom. The van der Waals surface area contributed by atoms with E-state index in [-0.39, 0.29) is 6.04 Å². The Labute approximate surface area is 118 Å². The number of ether oxygens (including phenoxy) is 1. The molecule has 19 heavy (non-hydrogen) atoms. The minimum absolute atomic E-state index is 0.0105. The van der Waals surface area contributed by atoms with Gasteiger partial charge >= 0.3 is 0 Å². The van der Waals surface area contributed by atoms with Crippen LogP contribution in [0.3, 0.4) is 0 Å². The first-order chi connectivity index (χ1) is 9.15. The van der Waals surface area contributed by atoms with Crippen molar-refractivity contribution in [3.8, 4) is 0 Å². The molecule has 0 spiro atoms. The fourth-order valence-corrected chi connectivity index (χ4v) is 2.22. The Hall–Kier alpha value is -1.29. The van der Waals surface area contributed by atoms with Crippen molar-refractivity contribution in [2.45, 2.75) is 19.6 Å². The lowest BCUT2D eigenvalue weighted by Crippen LogP contribution is -2.17. The zero-order valence-electron chi connectivity index (χ0n) is 11.4. The third-order valence-corrected chi connectivity index (χ3v) is 3.48. The van der Waals surface area contributed by atoms with Gasteiger partial charge < -0.3 is 14.5 Å². The Kier molecular flexibility index (Phi) is 4.64. The van der Waals surface area contributed by atoms with Crippen LogP contribution in [0.4, 0.5) is 0 Å². The van der Waals surface area contributed by atoms with Crippen LogP contribution >= 0.6 is 11.6 Å². The number of aryl methyl sites for hydroxylation is 1. The average Bonchev–Trinajstić information content (AvgIpc) is 2.83. The number of methoxy groups -OCH3 is 1. The number of benzene rings is 1. The van der Waals surface area contributed by atoms with E-state index in [0.717, 1.165) is 27.7 Å². The van der Waals surface area contributed by atoms with Crippen LogP contribution in [0.15, 0.2) is 34.7 Å². The van der Waals surface area contributed by atoms with E-state index in [4.69, 9.17) is 20.8 Å². The van der Waals surface area contributed by atoms with Crippen molar-refractivity contribution in [2.75, 3.05) is 14.2 Å². The molecule has 0 aliphatic heterocycles. The molecule has 1 aromatic carbocycles. The molecule has 0 aliphatic carbocycles.